The van der Waals surface area contributed by atoms with E-state index in [1.807, 2.05) is 32.0 Å². The molecular formula is C13H22N4O. The smallest absolute Gasteiger partial charge is 0.271 e. The summed E-state index contributed by atoms with van der Waals surface area (Å²) in [6, 6.07) is 1.85. The van der Waals surface area contributed by atoms with Crippen molar-refractivity contribution in [1.82, 2.24) is 20.0 Å². The van der Waals surface area contributed by atoms with E-state index in [1.165, 1.54) is 12.8 Å². The Morgan fingerprint density at radius 2 is 2.44 bits per heavy atom. The van der Waals surface area contributed by atoms with Crippen molar-refractivity contribution in [2.75, 3.05) is 26.7 Å². The Morgan fingerprint density at radius 3 is 3.00 bits per heavy atom. The van der Waals surface area contributed by atoms with Gasteiger partial charge in [-0.15, -0.1) is 0 Å². The maximum absolute atomic E-state index is 12.3. The molecule has 0 spiro atoms. The predicted octanol–water partition coefficient (Wildman–Crippen LogP) is 0.800. The van der Waals surface area contributed by atoms with Gasteiger partial charge in [-0.1, -0.05) is 0 Å². The molecule has 1 aliphatic rings. The van der Waals surface area contributed by atoms with E-state index in [-0.39, 0.29) is 5.91 Å². The molecule has 2 rings (SSSR count). The highest BCUT2D eigenvalue weighted by atomic mass is 16.2. The molecule has 0 aliphatic carbocycles. The van der Waals surface area contributed by atoms with Crippen molar-refractivity contribution in [2.45, 2.75) is 19.8 Å². The standard InChI is InChI=1S/C13H22N4O/c1-10-7-12(17(3)15-10)13(18)16(2)9-11-5-4-6-14-8-11/h7,11,14H,4-6,8-9H2,1-3H3. The van der Waals surface area contributed by atoms with Crippen LogP contribution < -0.4 is 5.32 Å². The first kappa shape index (κ1) is 13.1. The van der Waals surface area contributed by atoms with Crippen LogP contribution >= 0.6 is 0 Å². The lowest BCUT2D eigenvalue weighted by molar-refractivity contribution is 0.0754. The molecule has 1 N–H and O–H groups in total. The van der Waals surface area contributed by atoms with E-state index in [1.54, 1.807) is 4.68 Å². The Labute approximate surface area is 108 Å². The Kier molecular flexibility index (Phi) is 4.01. The zero-order valence-corrected chi connectivity index (χ0v) is 11.4. The monoisotopic (exact) mass is 250 g/mol. The fraction of sp³-hybridized carbons (Fsp3) is 0.692. The van der Waals surface area contributed by atoms with Crippen molar-refractivity contribution in [3.05, 3.63) is 17.5 Å². The van der Waals surface area contributed by atoms with Crippen molar-refractivity contribution in [3.63, 3.8) is 0 Å². The van der Waals surface area contributed by atoms with E-state index >= 15 is 0 Å². The summed E-state index contributed by atoms with van der Waals surface area (Å²) in [5, 5.41) is 7.60. The van der Waals surface area contributed by atoms with E-state index in [9.17, 15) is 4.79 Å². The number of aryl methyl sites for hydroxylation is 2. The van der Waals surface area contributed by atoms with Crippen LogP contribution in [0.25, 0.3) is 0 Å². The van der Waals surface area contributed by atoms with Crippen molar-refractivity contribution in [3.8, 4) is 0 Å². The molecule has 1 fully saturated rings. The van der Waals surface area contributed by atoms with Gasteiger partial charge in [0.1, 0.15) is 5.69 Å². The third-order valence-electron chi connectivity index (χ3n) is 3.50. The lowest BCUT2D eigenvalue weighted by Crippen LogP contribution is -2.39. The van der Waals surface area contributed by atoms with Crippen molar-refractivity contribution in [1.29, 1.82) is 0 Å². The number of carbonyl (C=O) groups excluding carboxylic acids is 1. The van der Waals surface area contributed by atoms with Gasteiger partial charge < -0.3 is 10.2 Å². The topological polar surface area (TPSA) is 50.2 Å². The van der Waals surface area contributed by atoms with Gasteiger partial charge in [-0.2, -0.15) is 5.10 Å². The highest BCUT2D eigenvalue weighted by molar-refractivity contribution is 5.92. The lowest BCUT2D eigenvalue weighted by atomic mass is 9.99. The average Bonchev–Trinajstić information content (AvgIpc) is 2.68. The summed E-state index contributed by atoms with van der Waals surface area (Å²) in [4.78, 5) is 14.1. The summed E-state index contributed by atoms with van der Waals surface area (Å²) < 4.78 is 1.66. The SMILES string of the molecule is Cc1cc(C(=O)N(C)CC2CCCNC2)n(C)n1. The van der Waals surface area contributed by atoms with Gasteiger partial charge in [0.25, 0.3) is 5.91 Å². The van der Waals surface area contributed by atoms with Crippen molar-refractivity contribution < 1.29 is 4.79 Å². The van der Waals surface area contributed by atoms with Gasteiger partial charge in [-0.05, 0) is 44.8 Å². The molecule has 0 bridgehead atoms. The van der Waals surface area contributed by atoms with Gasteiger partial charge in [0.2, 0.25) is 0 Å². The second-order valence-corrected chi connectivity index (χ2v) is 5.19. The Bertz CT molecular complexity index is 421. The van der Waals surface area contributed by atoms with E-state index in [4.69, 9.17) is 0 Å². The quantitative estimate of drug-likeness (QED) is 0.863. The first-order valence-electron chi connectivity index (χ1n) is 6.54. The summed E-state index contributed by atoms with van der Waals surface area (Å²) in [5.74, 6) is 0.630. The average molecular weight is 250 g/mol. The lowest BCUT2D eigenvalue weighted by Gasteiger charge is -2.27. The number of carbonyl (C=O) groups is 1. The zero-order valence-electron chi connectivity index (χ0n) is 11.4. The summed E-state index contributed by atoms with van der Waals surface area (Å²) in [5.41, 5.74) is 1.55. The van der Waals surface area contributed by atoms with Gasteiger partial charge in [0.15, 0.2) is 0 Å². The highest BCUT2D eigenvalue weighted by Crippen LogP contribution is 2.13. The minimum absolute atomic E-state index is 0.0590. The van der Waals surface area contributed by atoms with Gasteiger partial charge in [-0.3, -0.25) is 9.48 Å². The van der Waals surface area contributed by atoms with Gasteiger partial charge >= 0.3 is 0 Å². The number of hydrogen-bond donors (Lipinski definition) is 1. The Balaban J connectivity index is 1.97. The van der Waals surface area contributed by atoms with Crippen LogP contribution in [-0.4, -0.2) is 47.3 Å². The number of nitrogens with one attached hydrogen (secondary N) is 1. The fourth-order valence-corrected chi connectivity index (χ4v) is 2.56. The predicted molar refractivity (Wildman–Crippen MR) is 70.5 cm³/mol. The molecule has 100 valence electrons. The first-order chi connectivity index (χ1) is 8.58. The normalized spacial score (nSPS) is 19.8. The van der Waals surface area contributed by atoms with Crippen LogP contribution in [0.2, 0.25) is 0 Å². The first-order valence-corrected chi connectivity index (χ1v) is 6.54. The number of rotatable bonds is 3. The second-order valence-electron chi connectivity index (χ2n) is 5.19. The van der Waals surface area contributed by atoms with Gasteiger partial charge in [0, 0.05) is 20.6 Å². The number of aromatic nitrogens is 2. The largest absolute Gasteiger partial charge is 0.340 e. The molecule has 0 aromatic carbocycles. The molecule has 1 aliphatic heterocycles. The van der Waals surface area contributed by atoms with Crippen LogP contribution in [0.3, 0.4) is 0 Å². The zero-order chi connectivity index (χ0) is 13.1. The Morgan fingerprint density at radius 1 is 1.67 bits per heavy atom. The van der Waals surface area contributed by atoms with Gasteiger partial charge in [0.05, 0.1) is 5.69 Å². The van der Waals surface area contributed by atoms with E-state index in [0.717, 1.165) is 25.3 Å². The Hall–Kier alpha value is -1.36. The molecule has 0 saturated carbocycles. The number of piperidine rings is 1. The van der Waals surface area contributed by atoms with Crippen LogP contribution in [0.5, 0.6) is 0 Å². The number of amides is 1. The van der Waals surface area contributed by atoms with Crippen LogP contribution in [0.15, 0.2) is 6.07 Å². The molecule has 1 unspecified atom stereocenters. The molecule has 1 saturated heterocycles. The molecule has 1 aromatic heterocycles. The molecule has 5 heteroatoms. The second kappa shape index (κ2) is 5.52. The van der Waals surface area contributed by atoms with Crippen molar-refractivity contribution in [2.24, 2.45) is 13.0 Å². The van der Waals surface area contributed by atoms with Crippen LogP contribution in [0, 0.1) is 12.8 Å². The summed E-state index contributed by atoms with van der Waals surface area (Å²) in [7, 11) is 3.69. The van der Waals surface area contributed by atoms with E-state index in [2.05, 4.69) is 10.4 Å². The van der Waals surface area contributed by atoms with Crippen LogP contribution in [0.1, 0.15) is 29.0 Å². The summed E-state index contributed by atoms with van der Waals surface area (Å²) >= 11 is 0. The molecule has 5 nitrogen and oxygen atoms in total. The van der Waals surface area contributed by atoms with E-state index < -0.39 is 0 Å². The number of hydrogen-bond acceptors (Lipinski definition) is 3. The summed E-state index contributed by atoms with van der Waals surface area (Å²) in [6.07, 6.45) is 2.41. The molecule has 2 heterocycles. The molecule has 18 heavy (non-hydrogen) atoms. The van der Waals surface area contributed by atoms with Crippen LogP contribution in [0.4, 0.5) is 0 Å². The minimum Gasteiger partial charge on any atom is -0.340 e. The van der Waals surface area contributed by atoms with Crippen molar-refractivity contribution >= 4 is 5.91 Å². The minimum atomic E-state index is 0.0590. The third-order valence-corrected chi connectivity index (χ3v) is 3.50. The molecule has 1 atom stereocenters. The maximum atomic E-state index is 12.3. The molecule has 1 amide bonds. The molecular weight excluding hydrogens is 228 g/mol. The maximum Gasteiger partial charge on any atom is 0.271 e. The molecule has 0 radical (unpaired) electrons. The third kappa shape index (κ3) is 2.90. The van der Waals surface area contributed by atoms with E-state index in [0.29, 0.717) is 11.6 Å². The van der Waals surface area contributed by atoms with Crippen LogP contribution in [-0.2, 0) is 7.05 Å². The van der Waals surface area contributed by atoms with Gasteiger partial charge in [-0.25, -0.2) is 0 Å². The fourth-order valence-electron chi connectivity index (χ4n) is 2.56. The highest BCUT2D eigenvalue weighted by Gasteiger charge is 2.21. The summed E-state index contributed by atoms with van der Waals surface area (Å²) in [6.45, 7) is 4.84. The molecule has 1 aromatic rings. The number of nitrogens with zero attached hydrogens (tertiary/aromatic N) is 3.